The number of nitrogens with zero attached hydrogens (tertiary/aromatic N) is 5. The summed E-state index contributed by atoms with van der Waals surface area (Å²) in [5.74, 6) is 0.688. The molecular weight excluding hydrogens is 408 g/mol. The lowest BCUT2D eigenvalue weighted by molar-refractivity contribution is -0.118. The summed E-state index contributed by atoms with van der Waals surface area (Å²) in [5.41, 5.74) is 6.54. The fraction of sp³-hybridized carbons (Fsp3) is 0.130. The number of rotatable bonds is 7. The number of hydrazone groups is 1. The Kier molecular flexibility index (Phi) is 6.28. The van der Waals surface area contributed by atoms with E-state index in [9.17, 15) is 4.79 Å². The first kappa shape index (κ1) is 20.6. The maximum Gasteiger partial charge on any atom is 0.250 e. The lowest BCUT2D eigenvalue weighted by Gasteiger charge is -2.10. The van der Waals surface area contributed by atoms with Crippen molar-refractivity contribution < 1.29 is 4.79 Å². The number of benzene rings is 2. The number of thioether (sulfide) groups is 1. The quantitative estimate of drug-likeness (QED) is 0.275. The van der Waals surface area contributed by atoms with Gasteiger partial charge in [-0.3, -0.25) is 9.36 Å². The van der Waals surface area contributed by atoms with Crippen molar-refractivity contribution in [2.75, 3.05) is 5.75 Å². The standard InChI is InChI=1S/C23H22N6OS/c1-17-10-12-19(13-11-17)29-22(18-7-4-3-5-8-18)26-27-23(29)31-16-21(30)25-24-15-20-9-6-14-28(20)2/h3-15H,16H2,1-2H3,(H,25,30). The van der Waals surface area contributed by atoms with E-state index in [1.54, 1.807) is 6.21 Å². The molecule has 2 aromatic heterocycles. The molecule has 0 saturated carbocycles. The van der Waals surface area contributed by atoms with E-state index in [1.807, 2.05) is 96.0 Å². The van der Waals surface area contributed by atoms with Gasteiger partial charge in [-0.2, -0.15) is 5.10 Å². The molecule has 4 aromatic rings. The molecule has 8 heteroatoms. The van der Waals surface area contributed by atoms with Crippen LogP contribution in [0.4, 0.5) is 0 Å². The minimum absolute atomic E-state index is 0.170. The molecule has 0 unspecified atom stereocenters. The largest absolute Gasteiger partial charge is 0.350 e. The van der Waals surface area contributed by atoms with Gasteiger partial charge in [-0.15, -0.1) is 10.2 Å². The van der Waals surface area contributed by atoms with Crippen LogP contribution in [0.1, 0.15) is 11.3 Å². The minimum Gasteiger partial charge on any atom is -0.350 e. The van der Waals surface area contributed by atoms with E-state index in [1.165, 1.54) is 17.3 Å². The third kappa shape index (κ3) is 4.92. The Labute approximate surface area is 184 Å². The van der Waals surface area contributed by atoms with E-state index in [0.29, 0.717) is 5.16 Å². The van der Waals surface area contributed by atoms with Crippen molar-refractivity contribution in [1.29, 1.82) is 0 Å². The monoisotopic (exact) mass is 430 g/mol. The van der Waals surface area contributed by atoms with Crippen LogP contribution in [0.25, 0.3) is 17.1 Å². The predicted molar refractivity (Wildman–Crippen MR) is 123 cm³/mol. The number of aromatic nitrogens is 4. The van der Waals surface area contributed by atoms with Crippen molar-refractivity contribution in [2.45, 2.75) is 12.1 Å². The van der Waals surface area contributed by atoms with Crippen molar-refractivity contribution in [1.82, 2.24) is 24.8 Å². The molecule has 0 radical (unpaired) electrons. The van der Waals surface area contributed by atoms with Crippen LogP contribution >= 0.6 is 11.8 Å². The second-order valence-electron chi connectivity index (χ2n) is 6.97. The molecule has 0 saturated heterocycles. The number of carbonyl (C=O) groups is 1. The first-order valence-corrected chi connectivity index (χ1v) is 10.7. The van der Waals surface area contributed by atoms with Crippen molar-refractivity contribution in [3.05, 3.63) is 84.2 Å². The van der Waals surface area contributed by atoms with E-state index in [4.69, 9.17) is 0 Å². The fourth-order valence-electron chi connectivity index (χ4n) is 3.01. The molecule has 0 aliphatic carbocycles. The molecule has 0 fully saturated rings. The van der Waals surface area contributed by atoms with Gasteiger partial charge in [0.1, 0.15) is 0 Å². The van der Waals surface area contributed by atoms with Crippen molar-refractivity contribution >= 4 is 23.9 Å². The molecule has 0 aliphatic rings. The fourth-order valence-corrected chi connectivity index (χ4v) is 3.75. The third-order valence-electron chi connectivity index (χ3n) is 4.66. The van der Waals surface area contributed by atoms with E-state index >= 15 is 0 Å². The maximum absolute atomic E-state index is 12.3. The smallest absolute Gasteiger partial charge is 0.250 e. The summed E-state index contributed by atoms with van der Waals surface area (Å²) in [6.45, 7) is 2.05. The summed E-state index contributed by atoms with van der Waals surface area (Å²) in [5, 5.41) is 13.4. The van der Waals surface area contributed by atoms with Crippen LogP contribution in [0.3, 0.4) is 0 Å². The van der Waals surface area contributed by atoms with Crippen molar-refractivity contribution in [2.24, 2.45) is 12.1 Å². The molecule has 156 valence electrons. The van der Waals surface area contributed by atoms with Gasteiger partial charge in [0, 0.05) is 24.5 Å². The number of carbonyl (C=O) groups excluding carboxylic acids is 1. The molecule has 1 N–H and O–H groups in total. The van der Waals surface area contributed by atoms with E-state index in [0.717, 1.165) is 22.8 Å². The van der Waals surface area contributed by atoms with Crippen LogP contribution in [0.2, 0.25) is 0 Å². The highest BCUT2D eigenvalue weighted by molar-refractivity contribution is 7.99. The van der Waals surface area contributed by atoms with Gasteiger partial charge in [0.15, 0.2) is 11.0 Å². The molecule has 4 rings (SSSR count). The number of aryl methyl sites for hydroxylation is 2. The van der Waals surface area contributed by atoms with Gasteiger partial charge in [0.2, 0.25) is 0 Å². The number of amides is 1. The molecule has 0 spiro atoms. The third-order valence-corrected chi connectivity index (χ3v) is 5.59. The predicted octanol–water partition coefficient (Wildman–Crippen LogP) is 3.82. The number of hydrogen-bond donors (Lipinski definition) is 1. The first-order chi connectivity index (χ1) is 15.1. The average molecular weight is 431 g/mol. The van der Waals surface area contributed by atoms with Crippen LogP contribution in [-0.2, 0) is 11.8 Å². The zero-order valence-corrected chi connectivity index (χ0v) is 18.1. The molecular formula is C23H22N6OS. The molecule has 0 bridgehead atoms. The number of hydrogen-bond acceptors (Lipinski definition) is 5. The van der Waals surface area contributed by atoms with Gasteiger partial charge < -0.3 is 4.57 Å². The highest BCUT2D eigenvalue weighted by Gasteiger charge is 2.17. The zero-order chi connectivity index (χ0) is 21.6. The lowest BCUT2D eigenvalue weighted by atomic mass is 10.2. The van der Waals surface area contributed by atoms with Gasteiger partial charge in [0.05, 0.1) is 17.7 Å². The first-order valence-electron chi connectivity index (χ1n) is 9.76. The van der Waals surface area contributed by atoms with E-state index in [-0.39, 0.29) is 11.7 Å². The molecule has 2 aromatic carbocycles. The van der Waals surface area contributed by atoms with E-state index in [2.05, 4.69) is 20.7 Å². The Bertz CT molecular complexity index is 1190. The van der Waals surface area contributed by atoms with Crippen LogP contribution < -0.4 is 5.43 Å². The summed E-state index contributed by atoms with van der Waals surface area (Å²) < 4.78 is 3.89. The summed E-state index contributed by atoms with van der Waals surface area (Å²) in [7, 11) is 1.92. The Morgan fingerprint density at radius 2 is 1.84 bits per heavy atom. The topological polar surface area (TPSA) is 77.1 Å². The van der Waals surface area contributed by atoms with Gasteiger partial charge in [-0.1, -0.05) is 59.8 Å². The molecule has 0 aliphatic heterocycles. The molecule has 2 heterocycles. The second-order valence-corrected chi connectivity index (χ2v) is 7.91. The van der Waals surface area contributed by atoms with Crippen molar-refractivity contribution in [3.63, 3.8) is 0 Å². The minimum atomic E-state index is -0.213. The molecule has 0 atom stereocenters. The SMILES string of the molecule is Cc1ccc(-n2c(SCC(=O)NN=Cc3cccn3C)nnc2-c2ccccc2)cc1. The van der Waals surface area contributed by atoms with Gasteiger partial charge in [-0.25, -0.2) is 5.43 Å². The van der Waals surface area contributed by atoms with E-state index < -0.39 is 0 Å². The zero-order valence-electron chi connectivity index (χ0n) is 17.3. The van der Waals surface area contributed by atoms with Gasteiger partial charge >= 0.3 is 0 Å². The molecule has 7 nitrogen and oxygen atoms in total. The van der Waals surface area contributed by atoms with Crippen LogP contribution in [0.5, 0.6) is 0 Å². The molecule has 1 amide bonds. The molecule has 31 heavy (non-hydrogen) atoms. The van der Waals surface area contributed by atoms with Crippen LogP contribution in [-0.4, -0.2) is 37.2 Å². The Morgan fingerprint density at radius 3 is 2.55 bits per heavy atom. The lowest BCUT2D eigenvalue weighted by Crippen LogP contribution is -2.20. The Hall–Kier alpha value is -3.65. The second kappa shape index (κ2) is 9.44. The highest BCUT2D eigenvalue weighted by Crippen LogP contribution is 2.28. The van der Waals surface area contributed by atoms with Gasteiger partial charge in [-0.05, 0) is 31.2 Å². The Balaban J connectivity index is 1.52. The Morgan fingerprint density at radius 1 is 1.06 bits per heavy atom. The summed E-state index contributed by atoms with van der Waals surface area (Å²) in [6, 6.07) is 21.9. The summed E-state index contributed by atoms with van der Waals surface area (Å²) >= 11 is 1.32. The average Bonchev–Trinajstić information content (AvgIpc) is 3.40. The number of nitrogens with one attached hydrogen (secondary N) is 1. The van der Waals surface area contributed by atoms with Crippen LogP contribution in [0, 0.1) is 6.92 Å². The maximum atomic E-state index is 12.3. The van der Waals surface area contributed by atoms with Crippen LogP contribution in [0.15, 0.2) is 83.2 Å². The van der Waals surface area contributed by atoms with Crippen molar-refractivity contribution in [3.8, 4) is 17.1 Å². The summed E-state index contributed by atoms with van der Waals surface area (Å²) in [6.07, 6.45) is 3.53. The normalized spacial score (nSPS) is 11.2. The summed E-state index contributed by atoms with van der Waals surface area (Å²) in [4.78, 5) is 12.3. The van der Waals surface area contributed by atoms with Gasteiger partial charge in [0.25, 0.3) is 5.91 Å². The highest BCUT2D eigenvalue weighted by atomic mass is 32.2.